The van der Waals surface area contributed by atoms with Gasteiger partial charge in [0.25, 0.3) is 20.2 Å². The summed E-state index contributed by atoms with van der Waals surface area (Å²) in [5.74, 6) is 0. The van der Waals surface area contributed by atoms with Crippen LogP contribution in [0, 0.1) is 39.5 Å². The number of hydrogen-bond acceptors (Lipinski definition) is 7. The van der Waals surface area contributed by atoms with Crippen molar-refractivity contribution >= 4 is 69.4 Å². The van der Waals surface area contributed by atoms with Crippen molar-refractivity contribution in [2.24, 2.45) is 0 Å². The first-order valence-electron chi connectivity index (χ1n) is 39.8. The molecule has 0 aliphatic heterocycles. The minimum Gasteiger partial charge on any atom is -0.694 e. The quantitative estimate of drug-likeness (QED) is 0.0373. The number of rotatable bonds is 16. The van der Waals surface area contributed by atoms with Crippen LogP contribution >= 0.6 is 15.8 Å². The van der Waals surface area contributed by atoms with Gasteiger partial charge in [0, 0.05) is 132 Å². The Morgan fingerprint density at radius 3 is 1.21 bits per heavy atom. The molecule has 0 heterocycles. The van der Waals surface area contributed by atoms with Crippen molar-refractivity contribution in [2.45, 2.75) is 178 Å². The summed E-state index contributed by atoms with van der Waals surface area (Å²) in [5.41, 5.74) is 25.9. The van der Waals surface area contributed by atoms with E-state index in [2.05, 4.69) is 233 Å². The van der Waals surface area contributed by atoms with E-state index in [1.807, 2.05) is 99.0 Å². The van der Waals surface area contributed by atoms with Gasteiger partial charge in [0.2, 0.25) is 0 Å². The second kappa shape index (κ2) is 52.8. The SMILES string of the molecule is CCc1ccccc1-c1[c-]cccc1.CNc1ccccc1-c1[c-]cccc1.CS(=O)(=O)O.CS(=O)(=O)O.C[N-]c1ccccc1-c1[c-]cccc1.Cc1cccc(N(C)C)c1-c1ccccc1P(C1CCCCC1)C1CCCCC1.Cc1cccc(N(C)C)c1-c1ccccc1[PH+](C1CCCCC1)C1CCCCC1.[CH3-].[Pd].[Pd].[Pd]. The van der Waals surface area contributed by atoms with E-state index in [1.54, 1.807) is 16.2 Å². The molecule has 4 aliphatic carbocycles. The van der Waals surface area contributed by atoms with E-state index < -0.39 is 28.2 Å². The third-order valence-corrected chi connectivity index (χ3v) is 28.7. The number of nitrogens with zero attached hydrogens (tertiary/aromatic N) is 3. The van der Waals surface area contributed by atoms with Gasteiger partial charge in [-0.1, -0.05) is 216 Å². The second-order valence-corrected chi connectivity index (χ2v) is 38.5. The Morgan fingerprint density at radius 1 is 0.439 bits per heavy atom. The predicted octanol–water partition coefficient (Wildman–Crippen LogP) is 24.9. The fraction of sp³-hybridized carbons (Fsp3) is 0.371. The molecule has 0 unspecified atom stereocenters. The summed E-state index contributed by atoms with van der Waals surface area (Å²) in [5, 5.41) is 10.9. The van der Waals surface area contributed by atoms with E-state index in [0.29, 0.717) is 12.5 Å². The van der Waals surface area contributed by atoms with Crippen molar-refractivity contribution in [1.82, 2.24) is 0 Å². The molecule has 624 valence electrons. The predicted molar refractivity (Wildman–Crippen MR) is 485 cm³/mol. The molecule has 0 saturated heterocycles. The van der Waals surface area contributed by atoms with Gasteiger partial charge >= 0.3 is 0 Å². The molecular weight excluding hydrogens is 1760 g/mol. The van der Waals surface area contributed by atoms with Crippen LogP contribution in [0.25, 0.3) is 61.0 Å². The Hall–Kier alpha value is -5.93. The van der Waals surface area contributed by atoms with Crippen LogP contribution in [0.3, 0.4) is 0 Å². The average molecular weight is 1890 g/mol. The number of benzene rings is 10. The van der Waals surface area contributed by atoms with Crippen molar-refractivity contribution < 1.29 is 87.2 Å². The number of hydrogen-bond donors (Lipinski definition) is 3. The van der Waals surface area contributed by atoms with Crippen LogP contribution in [0.15, 0.2) is 231 Å². The van der Waals surface area contributed by atoms with Crippen LogP contribution in [-0.4, -0.2) is 103 Å². The molecule has 4 aliphatic rings. The summed E-state index contributed by atoms with van der Waals surface area (Å²) in [6, 6.07) is 91.2. The first-order chi connectivity index (χ1) is 53.1. The van der Waals surface area contributed by atoms with E-state index in [4.69, 9.17) is 9.11 Å². The fourth-order valence-corrected chi connectivity index (χ4v) is 24.6. The molecule has 0 atom stereocenters. The first kappa shape index (κ1) is 100. The Kier molecular flexibility index (Phi) is 46.5. The van der Waals surface area contributed by atoms with Crippen molar-refractivity contribution in [2.75, 3.05) is 69.9 Å². The van der Waals surface area contributed by atoms with Gasteiger partial charge in [-0.15, -0.1) is 120 Å². The molecule has 10 nitrogen and oxygen atoms in total. The zero-order chi connectivity index (χ0) is 78.8. The summed E-state index contributed by atoms with van der Waals surface area (Å²) in [7, 11) is 4.48. The van der Waals surface area contributed by atoms with Crippen molar-refractivity contribution in [3.63, 3.8) is 0 Å². The summed E-state index contributed by atoms with van der Waals surface area (Å²) in [4.78, 5) is 4.59. The molecule has 17 heteroatoms. The van der Waals surface area contributed by atoms with Gasteiger partial charge in [0.15, 0.2) is 0 Å². The molecule has 3 N–H and O–H groups in total. The van der Waals surface area contributed by atoms with E-state index in [9.17, 15) is 16.8 Å². The number of aryl methyl sites for hydroxylation is 3. The maximum atomic E-state index is 9.19. The number of para-hydroxylation sites is 2. The van der Waals surface area contributed by atoms with E-state index in [-0.39, 0.29) is 76.6 Å². The van der Waals surface area contributed by atoms with Gasteiger partial charge in [0.1, 0.15) is 0 Å². The van der Waals surface area contributed by atoms with Crippen LogP contribution in [0.1, 0.15) is 152 Å². The van der Waals surface area contributed by atoms with Crippen molar-refractivity contribution in [1.29, 1.82) is 0 Å². The summed E-state index contributed by atoms with van der Waals surface area (Å²) >= 11 is 0. The van der Waals surface area contributed by atoms with Crippen molar-refractivity contribution in [3.8, 4) is 55.6 Å². The largest absolute Gasteiger partial charge is 0.694 e. The molecule has 0 aromatic heterocycles. The summed E-state index contributed by atoms with van der Waals surface area (Å²) in [6.07, 6.45) is 31.7. The van der Waals surface area contributed by atoms with Crippen molar-refractivity contribution in [3.05, 3.63) is 278 Å². The minimum absolute atomic E-state index is 0. The Morgan fingerprint density at radius 2 is 0.789 bits per heavy atom. The van der Waals surface area contributed by atoms with Crippen LogP contribution in [-0.2, 0) is 87.9 Å². The molecule has 10 aromatic rings. The van der Waals surface area contributed by atoms with Crippen LogP contribution in [0.5, 0.6) is 0 Å². The minimum atomic E-state index is -3.67. The average Bonchev–Trinajstić information content (AvgIpc) is 0.776. The van der Waals surface area contributed by atoms with Gasteiger partial charge in [-0.2, -0.15) is 22.5 Å². The first-order valence-corrected chi connectivity index (χ1v) is 46.6. The Bertz CT molecular complexity index is 4180. The molecule has 114 heavy (non-hydrogen) atoms. The van der Waals surface area contributed by atoms with Gasteiger partial charge in [-0.25, -0.2) is 0 Å². The molecule has 14 rings (SSSR count). The van der Waals surface area contributed by atoms with E-state index in [0.717, 1.165) is 57.1 Å². The molecule has 0 spiro atoms. The Balaban J connectivity index is 0.000000299. The van der Waals surface area contributed by atoms with Crippen LogP contribution in [0.4, 0.5) is 22.7 Å². The molecular formula is C97H124N4O6P2Pd3S2-4. The number of anilines is 3. The zero-order valence-corrected chi connectivity index (χ0v) is 77.4. The zero-order valence-electron chi connectivity index (χ0n) is 69.2. The normalized spacial score (nSPS) is 14.3. The summed E-state index contributed by atoms with van der Waals surface area (Å²) < 4.78 is 51.7. The van der Waals surface area contributed by atoms with Gasteiger partial charge < -0.3 is 27.9 Å². The summed E-state index contributed by atoms with van der Waals surface area (Å²) in [6.45, 7) is 6.77. The third-order valence-electron chi connectivity index (χ3n) is 21.2. The monoisotopic (exact) mass is 1880 g/mol. The fourth-order valence-electron chi connectivity index (χ4n) is 16.2. The van der Waals surface area contributed by atoms with E-state index in [1.165, 1.54) is 190 Å². The number of nitrogens with one attached hydrogen (secondary N) is 1. The smallest absolute Gasteiger partial charge is 0.261 e. The molecule has 0 bridgehead atoms. The standard InChI is InChI=1S/2C27H38NP.C14H13.C13H12N.C13H11N.2CH4O3S.CH3.3Pd/c2*1-21-13-12-19-25(28(2)3)27(21)24-18-10-11-20-26(24)29(22-14-6-4-7-15-22)23-16-8-5-9-17-23;1-2-12-8-6-7-11-14(12)13-9-4-3-5-10-13;2*1-14-13-10-6-5-9-12(13)11-7-3-2-4-8-11;2*1-5(2,3)4;;;;/h2*10-13,18-20,22-23H,4-9,14-17H2,1-3H3;3-9,11H,2H2,1H3;2-7,9-10,14H,1H3;2-7,9-10H,1H3;2*1H3,(H,2,3,4);1H3;;;/q;;2*-1;-2;;;-1;;;/p+1. The molecule has 4 saturated carbocycles. The van der Waals surface area contributed by atoms with Gasteiger partial charge in [-0.3, -0.25) is 9.11 Å². The molecule has 0 radical (unpaired) electrons. The molecule has 4 fully saturated rings. The van der Waals surface area contributed by atoms with Crippen LogP contribution in [0.2, 0.25) is 0 Å². The van der Waals surface area contributed by atoms with Gasteiger partial charge in [-0.05, 0) is 161 Å². The van der Waals surface area contributed by atoms with E-state index >= 15 is 0 Å². The second-order valence-electron chi connectivity index (χ2n) is 29.7. The van der Waals surface area contributed by atoms with Crippen LogP contribution < -0.4 is 25.7 Å². The maximum Gasteiger partial charge on any atom is 0.261 e. The topological polar surface area (TPSA) is 141 Å². The van der Waals surface area contributed by atoms with Gasteiger partial charge in [0.05, 0.1) is 29.1 Å². The molecule has 0 amide bonds. The Labute approximate surface area is 732 Å². The maximum absolute atomic E-state index is 9.19. The third kappa shape index (κ3) is 32.1. The molecule has 10 aromatic carbocycles.